The molecule has 3 aliphatic rings. The van der Waals surface area contributed by atoms with E-state index in [-0.39, 0.29) is 30.4 Å². The molecule has 35 heavy (non-hydrogen) atoms. The molecule has 1 N–H and O–H groups in total. The summed E-state index contributed by atoms with van der Waals surface area (Å²) in [4.78, 5) is 43.3. The Morgan fingerprint density at radius 1 is 0.886 bits per heavy atom. The third-order valence-electron chi connectivity index (χ3n) is 7.17. The highest BCUT2D eigenvalue weighted by molar-refractivity contribution is 5.98. The number of benzene rings is 2. The molecule has 2 fully saturated rings. The van der Waals surface area contributed by atoms with E-state index in [4.69, 9.17) is 9.47 Å². The highest BCUT2D eigenvalue weighted by atomic mass is 16.7. The summed E-state index contributed by atoms with van der Waals surface area (Å²) >= 11 is 0. The molecule has 184 valence electrons. The lowest BCUT2D eigenvalue weighted by atomic mass is 9.88. The van der Waals surface area contributed by atoms with Crippen LogP contribution >= 0.6 is 0 Å². The van der Waals surface area contributed by atoms with Crippen LogP contribution in [0.15, 0.2) is 42.5 Å². The normalized spacial score (nSPS) is 18.4. The molecule has 3 heterocycles. The van der Waals surface area contributed by atoms with E-state index in [9.17, 15) is 14.4 Å². The standard InChI is InChI=1S/C27H31N3O5/c1-18-5-4-6-21(15-18)26(32)30-13-9-19(10-14-30)24(27(33)29-11-2-3-12-29)28-25(31)20-7-8-22-23(16-20)35-17-34-22/h4-8,15-16,19,24H,2-3,9-14,17H2,1H3,(H,28,31)/t24-/m1/s1. The van der Waals surface area contributed by atoms with E-state index in [1.54, 1.807) is 18.2 Å². The van der Waals surface area contributed by atoms with Crippen LogP contribution in [0.3, 0.4) is 0 Å². The van der Waals surface area contributed by atoms with Crippen molar-refractivity contribution < 1.29 is 23.9 Å². The van der Waals surface area contributed by atoms with Crippen molar-refractivity contribution in [2.24, 2.45) is 5.92 Å². The van der Waals surface area contributed by atoms with Gasteiger partial charge in [-0.2, -0.15) is 0 Å². The molecule has 3 aliphatic heterocycles. The van der Waals surface area contributed by atoms with Crippen LogP contribution < -0.4 is 14.8 Å². The molecule has 0 aliphatic carbocycles. The van der Waals surface area contributed by atoms with Gasteiger partial charge in [-0.15, -0.1) is 0 Å². The Bertz CT molecular complexity index is 1120. The third kappa shape index (κ3) is 4.97. The molecule has 0 bridgehead atoms. The van der Waals surface area contributed by atoms with Crippen molar-refractivity contribution >= 4 is 17.7 Å². The number of amides is 3. The van der Waals surface area contributed by atoms with Gasteiger partial charge in [0.1, 0.15) is 6.04 Å². The van der Waals surface area contributed by atoms with E-state index in [1.807, 2.05) is 41.0 Å². The number of ether oxygens (including phenoxy) is 2. The van der Waals surface area contributed by atoms with Gasteiger partial charge in [0, 0.05) is 37.3 Å². The van der Waals surface area contributed by atoms with Crippen LogP contribution in [0.4, 0.5) is 0 Å². The summed E-state index contributed by atoms with van der Waals surface area (Å²) in [6.07, 6.45) is 3.28. The summed E-state index contributed by atoms with van der Waals surface area (Å²) in [5, 5.41) is 3.02. The Morgan fingerprint density at radius 3 is 2.37 bits per heavy atom. The van der Waals surface area contributed by atoms with Crippen LogP contribution in [0.5, 0.6) is 11.5 Å². The van der Waals surface area contributed by atoms with Gasteiger partial charge in [-0.05, 0) is 68.9 Å². The number of fused-ring (bicyclic) bond motifs is 1. The van der Waals surface area contributed by atoms with Crippen molar-refractivity contribution in [1.82, 2.24) is 15.1 Å². The Morgan fingerprint density at radius 2 is 1.63 bits per heavy atom. The first-order valence-corrected chi connectivity index (χ1v) is 12.3. The second kappa shape index (κ2) is 9.98. The lowest BCUT2D eigenvalue weighted by Gasteiger charge is -2.37. The zero-order chi connectivity index (χ0) is 24.4. The predicted molar refractivity (Wildman–Crippen MR) is 129 cm³/mol. The molecule has 5 rings (SSSR count). The smallest absolute Gasteiger partial charge is 0.253 e. The zero-order valence-corrected chi connectivity index (χ0v) is 20.0. The lowest BCUT2D eigenvalue weighted by molar-refractivity contribution is -0.134. The van der Waals surface area contributed by atoms with Crippen LogP contribution in [0, 0.1) is 12.8 Å². The van der Waals surface area contributed by atoms with Gasteiger partial charge in [0.05, 0.1) is 0 Å². The number of piperidine rings is 1. The average molecular weight is 478 g/mol. The molecule has 2 aromatic rings. The van der Waals surface area contributed by atoms with E-state index in [1.165, 1.54) is 0 Å². The quantitative estimate of drug-likeness (QED) is 0.715. The number of nitrogens with zero attached hydrogens (tertiary/aromatic N) is 2. The molecule has 2 saturated heterocycles. The fraction of sp³-hybridized carbons (Fsp3) is 0.444. The lowest BCUT2D eigenvalue weighted by Crippen LogP contribution is -2.54. The van der Waals surface area contributed by atoms with E-state index >= 15 is 0 Å². The fourth-order valence-electron chi connectivity index (χ4n) is 5.17. The minimum absolute atomic E-state index is 0.0129. The predicted octanol–water partition coefficient (Wildman–Crippen LogP) is 3.00. The van der Waals surface area contributed by atoms with Gasteiger partial charge in [0.15, 0.2) is 11.5 Å². The topological polar surface area (TPSA) is 88.2 Å². The first-order chi connectivity index (χ1) is 17.0. The number of rotatable bonds is 5. The van der Waals surface area contributed by atoms with Gasteiger partial charge in [-0.25, -0.2) is 0 Å². The van der Waals surface area contributed by atoms with Crippen LogP contribution in [-0.4, -0.2) is 66.5 Å². The summed E-state index contributed by atoms with van der Waals surface area (Å²) in [5.41, 5.74) is 2.16. The van der Waals surface area contributed by atoms with Gasteiger partial charge >= 0.3 is 0 Å². The van der Waals surface area contributed by atoms with Crippen molar-refractivity contribution in [3.05, 3.63) is 59.2 Å². The number of carbonyl (C=O) groups excluding carboxylic acids is 3. The highest BCUT2D eigenvalue weighted by Gasteiger charge is 2.37. The molecule has 1 atom stereocenters. The molecule has 8 heteroatoms. The SMILES string of the molecule is Cc1cccc(C(=O)N2CCC([C@@H](NC(=O)c3ccc4c(c3)OCO4)C(=O)N3CCCC3)CC2)c1. The molecule has 0 unspecified atom stereocenters. The van der Waals surface area contributed by atoms with E-state index in [0.29, 0.717) is 48.6 Å². The number of aryl methyl sites for hydroxylation is 1. The third-order valence-corrected chi connectivity index (χ3v) is 7.17. The Balaban J connectivity index is 1.29. The summed E-state index contributed by atoms with van der Waals surface area (Å²) in [7, 11) is 0. The first kappa shape index (κ1) is 23.2. The van der Waals surface area contributed by atoms with Crippen LogP contribution in [0.2, 0.25) is 0 Å². The Hall–Kier alpha value is -3.55. The number of carbonyl (C=O) groups is 3. The average Bonchev–Trinajstić information content (AvgIpc) is 3.58. The largest absolute Gasteiger partial charge is 0.454 e. The number of hydrogen-bond acceptors (Lipinski definition) is 5. The van der Waals surface area contributed by atoms with E-state index < -0.39 is 6.04 Å². The van der Waals surface area contributed by atoms with Crippen molar-refractivity contribution in [1.29, 1.82) is 0 Å². The van der Waals surface area contributed by atoms with Crippen LogP contribution in [0.1, 0.15) is 52.0 Å². The monoisotopic (exact) mass is 477 g/mol. The molecule has 3 amide bonds. The maximum absolute atomic E-state index is 13.5. The molecule has 0 radical (unpaired) electrons. The van der Waals surface area contributed by atoms with Crippen LogP contribution in [-0.2, 0) is 4.79 Å². The molecule has 0 spiro atoms. The summed E-state index contributed by atoms with van der Waals surface area (Å²) in [6.45, 7) is 4.67. The minimum atomic E-state index is -0.623. The van der Waals surface area contributed by atoms with E-state index in [2.05, 4.69) is 5.32 Å². The van der Waals surface area contributed by atoms with Gasteiger partial charge < -0.3 is 24.6 Å². The highest BCUT2D eigenvalue weighted by Crippen LogP contribution is 2.33. The van der Waals surface area contributed by atoms with Crippen molar-refractivity contribution in [3.63, 3.8) is 0 Å². The maximum Gasteiger partial charge on any atom is 0.253 e. The molecular weight excluding hydrogens is 446 g/mol. The molecule has 8 nitrogen and oxygen atoms in total. The molecular formula is C27H31N3O5. The summed E-state index contributed by atoms with van der Waals surface area (Å²) in [5.74, 6) is 0.778. The van der Waals surface area contributed by atoms with Crippen molar-refractivity contribution in [2.45, 2.75) is 38.6 Å². The number of likely N-dealkylation sites (tertiary alicyclic amines) is 2. The minimum Gasteiger partial charge on any atom is -0.454 e. The summed E-state index contributed by atoms with van der Waals surface area (Å²) in [6, 6.07) is 12.0. The first-order valence-electron chi connectivity index (χ1n) is 12.3. The zero-order valence-electron chi connectivity index (χ0n) is 20.0. The van der Waals surface area contributed by atoms with E-state index in [0.717, 1.165) is 31.5 Å². The Kier molecular flexibility index (Phi) is 6.61. The Labute approximate surface area is 205 Å². The van der Waals surface area contributed by atoms with Gasteiger partial charge in [0.2, 0.25) is 12.7 Å². The van der Waals surface area contributed by atoms with Crippen molar-refractivity contribution in [2.75, 3.05) is 33.0 Å². The maximum atomic E-state index is 13.5. The fourth-order valence-corrected chi connectivity index (χ4v) is 5.17. The number of nitrogens with one attached hydrogen (secondary N) is 1. The molecule has 2 aromatic carbocycles. The van der Waals surface area contributed by atoms with Crippen LogP contribution in [0.25, 0.3) is 0 Å². The van der Waals surface area contributed by atoms with Gasteiger partial charge in [0.25, 0.3) is 11.8 Å². The number of hydrogen-bond donors (Lipinski definition) is 1. The summed E-state index contributed by atoms with van der Waals surface area (Å²) < 4.78 is 10.7. The second-order valence-corrected chi connectivity index (χ2v) is 9.55. The molecule has 0 saturated carbocycles. The second-order valence-electron chi connectivity index (χ2n) is 9.55. The van der Waals surface area contributed by atoms with Gasteiger partial charge in [-0.1, -0.05) is 17.7 Å². The molecule has 0 aromatic heterocycles. The van der Waals surface area contributed by atoms with Gasteiger partial charge in [-0.3, -0.25) is 14.4 Å². The van der Waals surface area contributed by atoms with Crippen molar-refractivity contribution in [3.8, 4) is 11.5 Å².